The van der Waals surface area contributed by atoms with Gasteiger partial charge in [-0.2, -0.15) is 0 Å². The van der Waals surface area contributed by atoms with E-state index in [1.807, 2.05) is 66.7 Å². The largest absolute Gasteiger partial charge is 0.489 e. The van der Waals surface area contributed by atoms with Crippen LogP contribution in [0, 0.1) is 0 Å². The highest BCUT2D eigenvalue weighted by Gasteiger charge is 2.06. The van der Waals surface area contributed by atoms with Gasteiger partial charge in [0.2, 0.25) is 0 Å². The molecule has 4 heteroatoms. The average Bonchev–Trinajstić information content (AvgIpc) is 2.61. The number of rotatable bonds is 6. The number of para-hydroxylation sites is 1. The van der Waals surface area contributed by atoms with Crippen molar-refractivity contribution >= 4 is 28.9 Å². The van der Waals surface area contributed by atoms with E-state index in [0.29, 0.717) is 16.7 Å². The lowest BCUT2D eigenvalue weighted by Gasteiger charge is -2.11. The smallest absolute Gasteiger partial charge is 0.120 e. The van der Waals surface area contributed by atoms with Gasteiger partial charge in [0.15, 0.2) is 0 Å². The first-order valence-electron chi connectivity index (χ1n) is 7.66. The van der Waals surface area contributed by atoms with E-state index in [0.717, 1.165) is 29.1 Å². The first-order valence-corrected chi connectivity index (χ1v) is 8.41. The van der Waals surface area contributed by atoms with Crippen LogP contribution in [-0.4, -0.2) is 0 Å². The SMILES string of the molecule is Clc1cccc(Cl)c1COc1cccc(CNc2ccccc2)c1. The third-order valence-electron chi connectivity index (χ3n) is 3.61. The minimum Gasteiger partial charge on any atom is -0.489 e. The topological polar surface area (TPSA) is 21.3 Å². The molecule has 0 unspecified atom stereocenters. The molecule has 0 fully saturated rings. The molecule has 0 bridgehead atoms. The number of hydrogen-bond donors (Lipinski definition) is 1. The van der Waals surface area contributed by atoms with Crippen molar-refractivity contribution in [3.8, 4) is 5.75 Å². The summed E-state index contributed by atoms with van der Waals surface area (Å²) in [6.07, 6.45) is 0. The van der Waals surface area contributed by atoms with E-state index in [1.54, 1.807) is 0 Å². The predicted octanol–water partition coefficient (Wildman–Crippen LogP) is 6.18. The fraction of sp³-hybridized carbons (Fsp3) is 0.100. The molecule has 0 amide bonds. The molecule has 0 radical (unpaired) electrons. The van der Waals surface area contributed by atoms with Crippen molar-refractivity contribution in [3.05, 3.63) is 94.0 Å². The molecule has 0 spiro atoms. The highest BCUT2D eigenvalue weighted by atomic mass is 35.5. The van der Waals surface area contributed by atoms with Crippen LogP contribution in [0.2, 0.25) is 10.0 Å². The summed E-state index contributed by atoms with van der Waals surface area (Å²) in [5.41, 5.74) is 3.03. The highest BCUT2D eigenvalue weighted by molar-refractivity contribution is 6.35. The van der Waals surface area contributed by atoms with Gasteiger partial charge in [0.1, 0.15) is 12.4 Å². The predicted molar refractivity (Wildman–Crippen MR) is 101 cm³/mol. The second-order valence-corrected chi connectivity index (χ2v) is 6.17. The van der Waals surface area contributed by atoms with Gasteiger partial charge in [0.05, 0.1) is 0 Å². The lowest BCUT2D eigenvalue weighted by Crippen LogP contribution is -2.01. The van der Waals surface area contributed by atoms with Gasteiger partial charge in [0, 0.05) is 27.8 Å². The Morgan fingerprint density at radius 1 is 0.792 bits per heavy atom. The normalized spacial score (nSPS) is 10.4. The van der Waals surface area contributed by atoms with Gasteiger partial charge >= 0.3 is 0 Å². The van der Waals surface area contributed by atoms with Crippen LogP contribution in [0.3, 0.4) is 0 Å². The van der Waals surface area contributed by atoms with Gasteiger partial charge in [-0.1, -0.05) is 59.6 Å². The van der Waals surface area contributed by atoms with Crippen LogP contribution in [0.25, 0.3) is 0 Å². The van der Waals surface area contributed by atoms with E-state index in [9.17, 15) is 0 Å². The van der Waals surface area contributed by atoms with Crippen LogP contribution in [0.1, 0.15) is 11.1 Å². The van der Waals surface area contributed by atoms with Crippen molar-refractivity contribution in [2.24, 2.45) is 0 Å². The van der Waals surface area contributed by atoms with Crippen molar-refractivity contribution in [1.29, 1.82) is 0 Å². The number of anilines is 1. The third kappa shape index (κ3) is 4.44. The van der Waals surface area contributed by atoms with E-state index in [-0.39, 0.29) is 0 Å². The van der Waals surface area contributed by atoms with Crippen LogP contribution in [0.15, 0.2) is 72.8 Å². The van der Waals surface area contributed by atoms with Crippen molar-refractivity contribution in [1.82, 2.24) is 0 Å². The van der Waals surface area contributed by atoms with E-state index < -0.39 is 0 Å². The highest BCUT2D eigenvalue weighted by Crippen LogP contribution is 2.26. The first kappa shape index (κ1) is 16.7. The summed E-state index contributed by atoms with van der Waals surface area (Å²) in [7, 11) is 0. The van der Waals surface area contributed by atoms with E-state index in [4.69, 9.17) is 27.9 Å². The molecule has 122 valence electrons. The maximum Gasteiger partial charge on any atom is 0.120 e. The molecule has 0 aromatic heterocycles. The Balaban J connectivity index is 1.63. The number of benzene rings is 3. The van der Waals surface area contributed by atoms with Gasteiger partial charge in [-0.05, 0) is 42.0 Å². The van der Waals surface area contributed by atoms with Gasteiger partial charge in [0.25, 0.3) is 0 Å². The van der Waals surface area contributed by atoms with Gasteiger partial charge < -0.3 is 10.1 Å². The molecule has 0 aliphatic carbocycles. The average molecular weight is 358 g/mol. The molecule has 1 N–H and O–H groups in total. The molecule has 0 saturated heterocycles. The minimum atomic E-state index is 0.341. The third-order valence-corrected chi connectivity index (χ3v) is 4.32. The Kier molecular flexibility index (Phi) is 5.63. The molecule has 0 aliphatic rings. The summed E-state index contributed by atoms with van der Waals surface area (Å²) in [5.74, 6) is 0.790. The maximum absolute atomic E-state index is 6.17. The zero-order valence-corrected chi connectivity index (χ0v) is 14.5. The molecule has 2 nitrogen and oxygen atoms in total. The van der Waals surface area contributed by atoms with Gasteiger partial charge in [-0.3, -0.25) is 0 Å². The second kappa shape index (κ2) is 8.09. The van der Waals surface area contributed by atoms with Crippen molar-refractivity contribution in [2.45, 2.75) is 13.2 Å². The maximum atomic E-state index is 6.17. The molecule has 3 aromatic rings. The summed E-state index contributed by atoms with van der Waals surface area (Å²) >= 11 is 12.3. The summed E-state index contributed by atoms with van der Waals surface area (Å²) in [6, 6.07) is 23.5. The quantitative estimate of drug-likeness (QED) is 0.568. The van der Waals surface area contributed by atoms with E-state index >= 15 is 0 Å². The van der Waals surface area contributed by atoms with Gasteiger partial charge in [-0.15, -0.1) is 0 Å². The van der Waals surface area contributed by atoms with Gasteiger partial charge in [-0.25, -0.2) is 0 Å². The second-order valence-electron chi connectivity index (χ2n) is 5.36. The van der Waals surface area contributed by atoms with Crippen LogP contribution < -0.4 is 10.1 Å². The van der Waals surface area contributed by atoms with Crippen LogP contribution in [0.5, 0.6) is 5.75 Å². The molecule has 3 rings (SSSR count). The van der Waals surface area contributed by atoms with E-state index in [2.05, 4.69) is 11.4 Å². The van der Waals surface area contributed by atoms with Crippen LogP contribution >= 0.6 is 23.2 Å². The van der Waals surface area contributed by atoms with Crippen molar-refractivity contribution in [2.75, 3.05) is 5.32 Å². The number of nitrogens with one attached hydrogen (secondary N) is 1. The fourth-order valence-electron chi connectivity index (χ4n) is 2.33. The number of hydrogen-bond acceptors (Lipinski definition) is 2. The summed E-state index contributed by atoms with van der Waals surface area (Å²) < 4.78 is 5.85. The lowest BCUT2D eigenvalue weighted by atomic mass is 10.2. The Bertz CT molecular complexity index is 785. The summed E-state index contributed by atoms with van der Waals surface area (Å²) in [5, 5.41) is 4.61. The molecule has 24 heavy (non-hydrogen) atoms. The minimum absolute atomic E-state index is 0.341. The zero-order chi connectivity index (χ0) is 16.8. The Hall–Kier alpha value is -2.16. The molecular formula is C20H17Cl2NO. The number of ether oxygens (including phenoxy) is 1. The summed E-state index contributed by atoms with van der Waals surface area (Å²) in [6.45, 7) is 1.07. The molecule has 0 saturated carbocycles. The first-order chi connectivity index (χ1) is 11.7. The summed E-state index contributed by atoms with van der Waals surface area (Å²) in [4.78, 5) is 0. The van der Waals surface area contributed by atoms with E-state index in [1.165, 1.54) is 0 Å². The molecule has 0 atom stereocenters. The van der Waals surface area contributed by atoms with Crippen molar-refractivity contribution < 1.29 is 4.74 Å². The Morgan fingerprint density at radius 3 is 2.25 bits per heavy atom. The zero-order valence-electron chi connectivity index (χ0n) is 13.0. The fourth-order valence-corrected chi connectivity index (χ4v) is 2.84. The Morgan fingerprint density at radius 2 is 1.50 bits per heavy atom. The lowest BCUT2D eigenvalue weighted by molar-refractivity contribution is 0.306. The van der Waals surface area contributed by atoms with Crippen LogP contribution in [0.4, 0.5) is 5.69 Å². The molecule has 3 aromatic carbocycles. The number of halogens is 2. The van der Waals surface area contributed by atoms with Crippen LogP contribution in [-0.2, 0) is 13.2 Å². The monoisotopic (exact) mass is 357 g/mol. The molecule has 0 aliphatic heterocycles. The standard InChI is InChI=1S/C20H17Cl2NO/c21-19-10-5-11-20(22)18(19)14-24-17-9-4-6-15(12-17)13-23-16-7-2-1-3-8-16/h1-12,23H,13-14H2. The Labute approximate surface area is 152 Å². The molecule has 0 heterocycles. The molecular weight excluding hydrogens is 341 g/mol. The van der Waals surface area contributed by atoms with Crippen molar-refractivity contribution in [3.63, 3.8) is 0 Å².